The molecule has 38 heavy (non-hydrogen) atoms. The van der Waals surface area contributed by atoms with Gasteiger partial charge in [-0.25, -0.2) is 13.9 Å². The first-order valence-electron chi connectivity index (χ1n) is 12.4. The fourth-order valence-corrected chi connectivity index (χ4v) is 4.68. The van der Waals surface area contributed by atoms with Gasteiger partial charge in [0.2, 0.25) is 5.91 Å². The molecule has 4 aromatic rings. The van der Waals surface area contributed by atoms with Gasteiger partial charge in [0.15, 0.2) is 5.82 Å². The van der Waals surface area contributed by atoms with Crippen molar-refractivity contribution in [1.82, 2.24) is 19.5 Å². The number of anilines is 3. The second kappa shape index (κ2) is 11.6. The molecule has 0 atom stereocenters. The Morgan fingerprint density at radius 3 is 2.84 bits per heavy atom. The van der Waals surface area contributed by atoms with E-state index in [2.05, 4.69) is 25.6 Å². The molecular formula is C28H28ClFN6O2. The molecule has 0 radical (unpaired) electrons. The third kappa shape index (κ3) is 6.12. The predicted molar refractivity (Wildman–Crippen MR) is 147 cm³/mol. The molecule has 0 aliphatic carbocycles. The number of nitrogens with zero attached hydrogens (tertiary/aromatic N) is 4. The Balaban J connectivity index is 1.27. The molecule has 2 aromatic heterocycles. The lowest BCUT2D eigenvalue weighted by Gasteiger charge is -2.12. The van der Waals surface area contributed by atoms with E-state index in [-0.39, 0.29) is 18.3 Å². The smallest absolute Gasteiger partial charge is 0.248 e. The number of carbonyl (C=O) groups is 1. The van der Waals surface area contributed by atoms with Crippen molar-refractivity contribution in [3.63, 3.8) is 0 Å². The molecule has 1 amide bonds. The van der Waals surface area contributed by atoms with Gasteiger partial charge in [-0.3, -0.25) is 9.69 Å². The number of benzene rings is 2. The topological polar surface area (TPSA) is 83.8 Å². The van der Waals surface area contributed by atoms with Crippen molar-refractivity contribution in [3.8, 4) is 5.75 Å². The molecule has 0 unspecified atom stereocenters. The molecule has 196 valence electrons. The number of fused-ring (bicyclic) bond motifs is 1. The minimum Gasteiger partial charge on any atom is -0.487 e. The number of halogens is 2. The highest BCUT2D eigenvalue weighted by Gasteiger charge is 2.15. The van der Waals surface area contributed by atoms with E-state index in [1.165, 1.54) is 31.3 Å². The summed E-state index contributed by atoms with van der Waals surface area (Å²) in [5, 5.41) is 10.9. The highest BCUT2D eigenvalue weighted by molar-refractivity contribution is 6.32. The summed E-state index contributed by atoms with van der Waals surface area (Å²) in [5.74, 6) is 0.541. The summed E-state index contributed by atoms with van der Waals surface area (Å²) in [6.07, 6.45) is 9.11. The average molecular weight is 535 g/mol. The predicted octanol–water partition coefficient (Wildman–Crippen LogP) is 5.74. The molecule has 10 heteroatoms. The molecular weight excluding hydrogens is 507 g/mol. The Morgan fingerprint density at radius 1 is 1.21 bits per heavy atom. The molecule has 5 rings (SSSR count). The van der Waals surface area contributed by atoms with Crippen LogP contribution in [0.15, 0.2) is 67.1 Å². The zero-order chi connectivity index (χ0) is 26.5. The minimum atomic E-state index is -0.315. The van der Waals surface area contributed by atoms with Crippen molar-refractivity contribution in [2.75, 3.05) is 30.3 Å². The van der Waals surface area contributed by atoms with Crippen molar-refractivity contribution < 1.29 is 13.9 Å². The maximum atomic E-state index is 13.4. The molecule has 0 bridgehead atoms. The Kier molecular flexibility index (Phi) is 7.86. The number of rotatable bonds is 9. The molecule has 2 aromatic carbocycles. The van der Waals surface area contributed by atoms with E-state index in [0.29, 0.717) is 33.5 Å². The van der Waals surface area contributed by atoms with Gasteiger partial charge in [-0.1, -0.05) is 29.8 Å². The molecule has 8 nitrogen and oxygen atoms in total. The van der Waals surface area contributed by atoms with Gasteiger partial charge in [0.05, 0.1) is 16.9 Å². The first-order valence-corrected chi connectivity index (χ1v) is 12.8. The first kappa shape index (κ1) is 25.7. The highest BCUT2D eigenvalue weighted by Crippen LogP contribution is 2.32. The second-order valence-corrected chi connectivity index (χ2v) is 9.56. The van der Waals surface area contributed by atoms with Crippen LogP contribution in [-0.4, -0.2) is 45.0 Å². The molecule has 0 spiro atoms. The number of aryl methyl sites for hydroxylation is 1. The van der Waals surface area contributed by atoms with E-state index in [4.69, 9.17) is 16.3 Å². The largest absolute Gasteiger partial charge is 0.487 e. The molecule has 3 heterocycles. The van der Waals surface area contributed by atoms with Crippen LogP contribution in [0.5, 0.6) is 5.75 Å². The standard InChI is InChI=1S/C28H28ClFN6O2/c1-19-24(34-26(37)8-5-13-35-11-2-3-12-35)16-36-27(19)28(31-18-32-36)33-22-9-10-25(23(29)15-22)38-17-20-6-4-7-21(30)14-20/h4-10,14-16,18H,2-3,11-13,17H2,1H3,(H,34,37)(H,31,32,33)/b8-5+. The van der Waals surface area contributed by atoms with Crippen LogP contribution in [-0.2, 0) is 11.4 Å². The first-order chi connectivity index (χ1) is 18.5. The van der Waals surface area contributed by atoms with Gasteiger partial charge in [-0.05, 0) is 68.8 Å². The van der Waals surface area contributed by atoms with Crippen LogP contribution in [0.4, 0.5) is 21.6 Å². The van der Waals surface area contributed by atoms with Gasteiger partial charge < -0.3 is 15.4 Å². The van der Waals surface area contributed by atoms with Crippen molar-refractivity contribution in [1.29, 1.82) is 0 Å². The van der Waals surface area contributed by atoms with E-state index in [9.17, 15) is 9.18 Å². The van der Waals surface area contributed by atoms with Gasteiger partial charge in [-0.2, -0.15) is 5.10 Å². The summed E-state index contributed by atoms with van der Waals surface area (Å²) in [6, 6.07) is 11.5. The second-order valence-electron chi connectivity index (χ2n) is 9.16. The van der Waals surface area contributed by atoms with Crippen LogP contribution in [0.25, 0.3) is 5.52 Å². The van der Waals surface area contributed by atoms with E-state index < -0.39 is 0 Å². The summed E-state index contributed by atoms with van der Waals surface area (Å²) in [7, 11) is 0. The number of amides is 1. The number of carbonyl (C=O) groups excluding carboxylic acids is 1. The van der Waals surface area contributed by atoms with Crippen LogP contribution >= 0.6 is 11.6 Å². The van der Waals surface area contributed by atoms with Crippen molar-refractivity contribution in [3.05, 3.63) is 89.1 Å². The van der Waals surface area contributed by atoms with Crippen LogP contribution in [0.2, 0.25) is 5.02 Å². The Labute approximate surface area is 225 Å². The highest BCUT2D eigenvalue weighted by atomic mass is 35.5. The summed E-state index contributed by atoms with van der Waals surface area (Å²) in [5.41, 5.74) is 3.62. The molecule has 1 fully saturated rings. The van der Waals surface area contributed by atoms with Crippen LogP contribution < -0.4 is 15.4 Å². The minimum absolute atomic E-state index is 0.189. The van der Waals surface area contributed by atoms with Gasteiger partial charge >= 0.3 is 0 Å². The van der Waals surface area contributed by atoms with Crippen molar-refractivity contribution in [2.45, 2.75) is 26.4 Å². The average Bonchev–Trinajstić information content (AvgIpc) is 3.52. The normalized spacial score (nSPS) is 13.9. The SMILES string of the molecule is Cc1c(NC(=O)/C=C/CN2CCCC2)cn2ncnc(Nc3ccc(OCc4cccc(F)c4)c(Cl)c3)c12. The van der Waals surface area contributed by atoms with Gasteiger partial charge in [0.1, 0.15) is 30.0 Å². The Bertz CT molecular complexity index is 1480. The number of hydrogen-bond donors (Lipinski definition) is 2. The summed E-state index contributed by atoms with van der Waals surface area (Å²) in [4.78, 5) is 19.2. The summed E-state index contributed by atoms with van der Waals surface area (Å²) >= 11 is 6.45. The van der Waals surface area contributed by atoms with Gasteiger partial charge in [0, 0.05) is 23.9 Å². The van der Waals surface area contributed by atoms with Crippen molar-refractivity contribution >= 4 is 40.2 Å². The quantitative estimate of drug-likeness (QED) is 0.266. The Morgan fingerprint density at radius 2 is 2.05 bits per heavy atom. The molecule has 1 aliphatic rings. The Hall–Kier alpha value is -3.95. The zero-order valence-electron chi connectivity index (χ0n) is 21.0. The van der Waals surface area contributed by atoms with E-state index in [1.807, 2.05) is 19.1 Å². The lowest BCUT2D eigenvalue weighted by Crippen LogP contribution is -2.19. The zero-order valence-corrected chi connectivity index (χ0v) is 21.7. The fourth-order valence-electron chi connectivity index (χ4n) is 4.45. The maximum Gasteiger partial charge on any atom is 0.248 e. The van der Waals surface area contributed by atoms with E-state index in [0.717, 1.165) is 30.7 Å². The third-order valence-electron chi connectivity index (χ3n) is 6.39. The van der Waals surface area contributed by atoms with Crippen LogP contribution in [0.3, 0.4) is 0 Å². The van der Waals surface area contributed by atoms with Gasteiger partial charge in [-0.15, -0.1) is 0 Å². The maximum absolute atomic E-state index is 13.4. The monoisotopic (exact) mass is 534 g/mol. The third-order valence-corrected chi connectivity index (χ3v) is 6.69. The number of aromatic nitrogens is 3. The number of nitrogens with one attached hydrogen (secondary N) is 2. The molecule has 0 saturated carbocycles. The summed E-state index contributed by atoms with van der Waals surface area (Å²) < 4.78 is 20.8. The van der Waals surface area contributed by atoms with Gasteiger partial charge in [0.25, 0.3) is 0 Å². The lowest BCUT2D eigenvalue weighted by molar-refractivity contribution is -0.111. The molecule has 2 N–H and O–H groups in total. The van der Waals surface area contributed by atoms with Crippen molar-refractivity contribution in [2.24, 2.45) is 0 Å². The van der Waals surface area contributed by atoms with E-state index in [1.54, 1.807) is 41.1 Å². The summed E-state index contributed by atoms with van der Waals surface area (Å²) in [6.45, 7) is 5.05. The number of ether oxygens (including phenoxy) is 1. The van der Waals surface area contributed by atoms with E-state index >= 15 is 0 Å². The number of likely N-dealkylation sites (tertiary alicyclic amines) is 1. The van der Waals surface area contributed by atoms with Crippen LogP contribution in [0, 0.1) is 12.7 Å². The lowest BCUT2D eigenvalue weighted by atomic mass is 10.2. The van der Waals surface area contributed by atoms with Crippen LogP contribution in [0.1, 0.15) is 24.0 Å². The molecule has 1 aliphatic heterocycles. The number of hydrogen-bond acceptors (Lipinski definition) is 6. The fraction of sp³-hybridized carbons (Fsp3) is 0.250. The molecule has 1 saturated heterocycles.